The topological polar surface area (TPSA) is 66.9 Å². The van der Waals surface area contributed by atoms with Gasteiger partial charge in [0.1, 0.15) is 17.6 Å². The Morgan fingerprint density at radius 1 is 1.06 bits per heavy atom. The van der Waals surface area contributed by atoms with E-state index in [1.807, 2.05) is 6.92 Å². The van der Waals surface area contributed by atoms with Crippen LogP contribution < -0.4 is 9.64 Å². The molecule has 4 rings (SSSR count). The second-order valence-corrected chi connectivity index (χ2v) is 7.87. The van der Waals surface area contributed by atoms with E-state index in [1.54, 1.807) is 29.2 Å². The van der Waals surface area contributed by atoms with Crippen molar-refractivity contribution in [2.24, 2.45) is 0 Å². The van der Waals surface area contributed by atoms with Gasteiger partial charge in [0, 0.05) is 11.6 Å². The number of ether oxygens (including phenoxy) is 1. The third kappa shape index (κ3) is 4.17. The third-order valence-corrected chi connectivity index (χ3v) is 5.91. The van der Waals surface area contributed by atoms with Gasteiger partial charge in [0.05, 0.1) is 18.7 Å². The monoisotopic (exact) mass is 424 g/mol. The van der Waals surface area contributed by atoms with Gasteiger partial charge >= 0.3 is 0 Å². The predicted molar refractivity (Wildman–Crippen MR) is 113 cm³/mol. The van der Waals surface area contributed by atoms with Gasteiger partial charge < -0.3 is 9.64 Å². The number of rotatable bonds is 6. The van der Waals surface area contributed by atoms with Crippen molar-refractivity contribution in [1.82, 2.24) is 4.90 Å². The van der Waals surface area contributed by atoms with Crippen molar-refractivity contribution in [3.05, 3.63) is 59.9 Å². The number of hydrogen-bond donors (Lipinski definition) is 0. The number of amides is 3. The summed E-state index contributed by atoms with van der Waals surface area (Å²) >= 11 is 0. The molecule has 1 aliphatic carbocycles. The van der Waals surface area contributed by atoms with Gasteiger partial charge in [-0.2, -0.15) is 0 Å². The zero-order valence-electron chi connectivity index (χ0n) is 17.4. The van der Waals surface area contributed by atoms with Crippen LogP contribution in [-0.4, -0.2) is 41.3 Å². The Balaban J connectivity index is 1.62. The smallest absolute Gasteiger partial charge is 0.257 e. The molecular weight excluding hydrogens is 399 g/mol. The summed E-state index contributed by atoms with van der Waals surface area (Å²) in [4.78, 5) is 42.2. The van der Waals surface area contributed by atoms with Gasteiger partial charge in [-0.25, -0.2) is 9.29 Å². The van der Waals surface area contributed by atoms with E-state index < -0.39 is 17.8 Å². The van der Waals surface area contributed by atoms with Crippen LogP contribution in [0.3, 0.4) is 0 Å². The highest BCUT2D eigenvalue weighted by molar-refractivity contribution is 6.23. The summed E-state index contributed by atoms with van der Waals surface area (Å²) in [5, 5.41) is 0. The Labute approximate surface area is 180 Å². The van der Waals surface area contributed by atoms with Crippen molar-refractivity contribution >= 4 is 23.4 Å². The lowest BCUT2D eigenvalue weighted by Crippen LogP contribution is -2.50. The Hall–Kier alpha value is -3.22. The van der Waals surface area contributed by atoms with Crippen LogP contribution in [0.5, 0.6) is 5.75 Å². The number of hydrogen-bond acceptors (Lipinski definition) is 4. The Morgan fingerprint density at radius 2 is 1.71 bits per heavy atom. The Kier molecular flexibility index (Phi) is 6.02. The summed E-state index contributed by atoms with van der Waals surface area (Å²) in [6, 6.07) is 11.1. The van der Waals surface area contributed by atoms with Crippen LogP contribution in [-0.2, 0) is 9.59 Å². The number of benzene rings is 2. The lowest BCUT2D eigenvalue weighted by atomic mass is 10.1. The van der Waals surface area contributed by atoms with Crippen LogP contribution in [0.25, 0.3) is 0 Å². The van der Waals surface area contributed by atoms with E-state index in [0.717, 1.165) is 30.6 Å². The first kappa shape index (κ1) is 21.0. The summed E-state index contributed by atoms with van der Waals surface area (Å²) in [5.41, 5.74) is 0.773. The van der Waals surface area contributed by atoms with E-state index in [1.165, 1.54) is 24.3 Å². The van der Waals surface area contributed by atoms with E-state index in [-0.39, 0.29) is 24.3 Å². The van der Waals surface area contributed by atoms with Gasteiger partial charge in [-0.05, 0) is 68.3 Å². The van der Waals surface area contributed by atoms with Crippen LogP contribution in [0.15, 0.2) is 48.5 Å². The molecule has 1 heterocycles. The Morgan fingerprint density at radius 3 is 2.32 bits per heavy atom. The van der Waals surface area contributed by atoms with Crippen molar-refractivity contribution in [1.29, 1.82) is 0 Å². The minimum Gasteiger partial charge on any atom is -0.494 e. The molecule has 0 spiro atoms. The molecule has 2 fully saturated rings. The van der Waals surface area contributed by atoms with Crippen molar-refractivity contribution in [2.75, 3.05) is 11.5 Å². The van der Waals surface area contributed by atoms with E-state index in [4.69, 9.17) is 4.74 Å². The zero-order valence-corrected chi connectivity index (χ0v) is 17.4. The summed E-state index contributed by atoms with van der Waals surface area (Å²) < 4.78 is 18.8. The summed E-state index contributed by atoms with van der Waals surface area (Å²) in [7, 11) is 0. The average Bonchev–Trinajstić information content (AvgIpc) is 3.39. The van der Waals surface area contributed by atoms with E-state index >= 15 is 0 Å². The Bertz CT molecular complexity index is 968. The molecule has 2 aromatic rings. The fourth-order valence-corrected chi connectivity index (χ4v) is 4.45. The number of carbonyl (C=O) groups is 3. The highest BCUT2D eigenvalue weighted by Gasteiger charge is 2.47. The normalized spacial score (nSPS) is 19.2. The number of halogens is 1. The van der Waals surface area contributed by atoms with Gasteiger partial charge in [-0.3, -0.25) is 14.4 Å². The molecule has 1 unspecified atom stereocenters. The maximum atomic E-state index is 13.3. The van der Waals surface area contributed by atoms with Crippen LogP contribution >= 0.6 is 0 Å². The van der Waals surface area contributed by atoms with Gasteiger partial charge in [-0.1, -0.05) is 12.8 Å². The second-order valence-electron chi connectivity index (χ2n) is 7.87. The molecule has 0 bridgehead atoms. The maximum absolute atomic E-state index is 13.3. The molecule has 6 nitrogen and oxygen atoms in total. The molecular formula is C24H25FN2O4. The quantitative estimate of drug-likeness (QED) is 0.659. The lowest BCUT2D eigenvalue weighted by molar-refractivity contribution is -0.123. The summed E-state index contributed by atoms with van der Waals surface area (Å²) in [5.74, 6) is -0.865. The number of carbonyl (C=O) groups excluding carboxylic acids is 3. The molecule has 31 heavy (non-hydrogen) atoms. The highest BCUT2D eigenvalue weighted by Crippen LogP contribution is 2.33. The van der Waals surface area contributed by atoms with Crippen molar-refractivity contribution in [3.63, 3.8) is 0 Å². The molecule has 0 radical (unpaired) electrons. The van der Waals surface area contributed by atoms with Gasteiger partial charge in [0.2, 0.25) is 5.91 Å². The minimum absolute atomic E-state index is 0.0600. The van der Waals surface area contributed by atoms with Gasteiger partial charge in [-0.15, -0.1) is 0 Å². The first-order valence-electron chi connectivity index (χ1n) is 10.7. The van der Waals surface area contributed by atoms with Crippen LogP contribution in [0, 0.1) is 5.82 Å². The van der Waals surface area contributed by atoms with Crippen molar-refractivity contribution < 1.29 is 23.5 Å². The first-order valence-corrected chi connectivity index (χ1v) is 10.7. The summed E-state index contributed by atoms with van der Waals surface area (Å²) in [6.07, 6.45) is 3.45. The number of anilines is 1. The first-order chi connectivity index (χ1) is 15.0. The SMILES string of the molecule is CCOc1ccc(N2C(=O)CC(N(C(=O)c3ccc(F)cc3)C3CCCC3)C2=O)cc1. The van der Waals surface area contributed by atoms with Crippen molar-refractivity contribution in [3.8, 4) is 5.75 Å². The van der Waals surface area contributed by atoms with Gasteiger partial charge in [0.15, 0.2) is 0 Å². The number of nitrogens with zero attached hydrogens (tertiary/aromatic N) is 2. The van der Waals surface area contributed by atoms with E-state index in [9.17, 15) is 18.8 Å². The molecule has 3 amide bonds. The molecule has 1 saturated heterocycles. The highest BCUT2D eigenvalue weighted by atomic mass is 19.1. The largest absolute Gasteiger partial charge is 0.494 e. The van der Waals surface area contributed by atoms with E-state index in [2.05, 4.69) is 0 Å². The van der Waals surface area contributed by atoms with Crippen LogP contribution in [0.4, 0.5) is 10.1 Å². The molecule has 2 aliphatic rings. The molecule has 7 heteroatoms. The predicted octanol–water partition coefficient (Wildman–Crippen LogP) is 3.94. The van der Waals surface area contributed by atoms with E-state index in [0.29, 0.717) is 23.6 Å². The third-order valence-electron chi connectivity index (χ3n) is 5.91. The van der Waals surface area contributed by atoms with Crippen LogP contribution in [0.1, 0.15) is 49.4 Å². The summed E-state index contributed by atoms with van der Waals surface area (Å²) in [6.45, 7) is 2.40. The average molecular weight is 424 g/mol. The molecule has 1 saturated carbocycles. The molecule has 2 aromatic carbocycles. The second kappa shape index (κ2) is 8.88. The number of imide groups is 1. The van der Waals surface area contributed by atoms with Crippen LogP contribution in [0.2, 0.25) is 0 Å². The molecule has 0 aromatic heterocycles. The maximum Gasteiger partial charge on any atom is 0.257 e. The fourth-order valence-electron chi connectivity index (χ4n) is 4.45. The standard InChI is InChI=1S/C24H25FN2O4/c1-2-31-20-13-11-19(12-14-20)27-22(28)15-21(24(27)30)26(18-5-3-4-6-18)23(29)16-7-9-17(25)10-8-16/h7-14,18,21H,2-6,15H2,1H3. The van der Waals surface area contributed by atoms with Gasteiger partial charge in [0.25, 0.3) is 11.8 Å². The minimum atomic E-state index is -0.861. The fraction of sp³-hybridized carbons (Fsp3) is 0.375. The molecule has 0 N–H and O–H groups in total. The molecule has 1 aliphatic heterocycles. The lowest BCUT2D eigenvalue weighted by Gasteiger charge is -2.33. The molecule has 162 valence electrons. The molecule has 1 atom stereocenters. The zero-order chi connectivity index (χ0) is 22.0. The van der Waals surface area contributed by atoms with Crippen molar-refractivity contribution in [2.45, 2.75) is 51.1 Å².